The minimum atomic E-state index is -2.06. The number of methoxy groups -OCH3 is 2. The summed E-state index contributed by atoms with van der Waals surface area (Å²) in [5.41, 5.74) is -1.45. The van der Waals surface area contributed by atoms with Gasteiger partial charge in [-0.2, -0.15) is 15.8 Å². The summed E-state index contributed by atoms with van der Waals surface area (Å²) in [6.07, 6.45) is 0. The molecule has 0 fully saturated rings. The molecule has 0 saturated heterocycles. The molecule has 36 heavy (non-hydrogen) atoms. The van der Waals surface area contributed by atoms with E-state index in [1.54, 1.807) is 24.3 Å². The van der Waals surface area contributed by atoms with Crippen LogP contribution >= 0.6 is 0 Å². The number of aliphatic hydroxyl groups is 1. The summed E-state index contributed by atoms with van der Waals surface area (Å²) < 4.78 is 15.3. The Morgan fingerprint density at radius 2 is 1.53 bits per heavy atom. The SMILES string of the molecule is CCOc1ccc([C@@H]2[C@H](C(=O)OC)C(O)=C(C(=O)OC)[C@@H](c3ccc(C#N)cc3)C2(C#N)C#N)cc1. The minimum Gasteiger partial charge on any atom is -0.511 e. The zero-order valence-electron chi connectivity index (χ0n) is 19.9. The van der Waals surface area contributed by atoms with E-state index >= 15 is 0 Å². The van der Waals surface area contributed by atoms with Gasteiger partial charge >= 0.3 is 11.9 Å². The number of nitrogens with zero attached hydrogens (tertiary/aromatic N) is 3. The van der Waals surface area contributed by atoms with Crippen molar-refractivity contribution >= 4 is 11.9 Å². The Kier molecular flexibility index (Phi) is 7.62. The van der Waals surface area contributed by atoms with E-state index in [1.165, 1.54) is 24.3 Å². The molecule has 1 aliphatic carbocycles. The molecule has 2 aromatic carbocycles. The Morgan fingerprint density at radius 3 is 2.00 bits per heavy atom. The lowest BCUT2D eigenvalue weighted by Gasteiger charge is -2.44. The fourth-order valence-electron chi connectivity index (χ4n) is 4.72. The van der Waals surface area contributed by atoms with Crippen molar-refractivity contribution < 1.29 is 28.9 Å². The van der Waals surface area contributed by atoms with Gasteiger partial charge in [-0.1, -0.05) is 24.3 Å². The van der Waals surface area contributed by atoms with Crippen LogP contribution in [0, 0.1) is 45.3 Å². The van der Waals surface area contributed by atoms with Gasteiger partial charge in [0.15, 0.2) is 5.41 Å². The second-order valence-electron chi connectivity index (χ2n) is 8.03. The van der Waals surface area contributed by atoms with Gasteiger partial charge < -0.3 is 19.3 Å². The number of ether oxygens (including phenoxy) is 3. The smallest absolute Gasteiger partial charge is 0.337 e. The summed E-state index contributed by atoms with van der Waals surface area (Å²) in [4.78, 5) is 25.9. The van der Waals surface area contributed by atoms with Gasteiger partial charge in [0.05, 0.1) is 56.1 Å². The molecule has 0 amide bonds. The maximum atomic E-state index is 13.0. The summed E-state index contributed by atoms with van der Waals surface area (Å²) in [5, 5.41) is 41.6. The van der Waals surface area contributed by atoms with Crippen LogP contribution in [0.15, 0.2) is 59.9 Å². The van der Waals surface area contributed by atoms with Crippen molar-refractivity contribution in [3.63, 3.8) is 0 Å². The number of carbonyl (C=O) groups excluding carboxylic acids is 2. The van der Waals surface area contributed by atoms with Gasteiger partial charge in [0.2, 0.25) is 0 Å². The van der Waals surface area contributed by atoms with Crippen LogP contribution in [0.2, 0.25) is 0 Å². The molecule has 1 aliphatic rings. The summed E-state index contributed by atoms with van der Waals surface area (Å²) in [5.74, 6) is -6.14. The first-order valence-corrected chi connectivity index (χ1v) is 11.0. The molecule has 0 aliphatic heterocycles. The highest BCUT2D eigenvalue weighted by molar-refractivity contribution is 5.94. The van der Waals surface area contributed by atoms with E-state index in [0.717, 1.165) is 14.2 Å². The molecule has 0 heterocycles. The Balaban J connectivity index is 2.42. The molecule has 2 aromatic rings. The highest BCUT2D eigenvalue weighted by atomic mass is 16.5. The van der Waals surface area contributed by atoms with E-state index in [4.69, 9.17) is 14.2 Å². The van der Waals surface area contributed by atoms with Gasteiger partial charge in [-0.25, -0.2) is 4.79 Å². The summed E-state index contributed by atoms with van der Waals surface area (Å²) in [6.45, 7) is 2.23. The van der Waals surface area contributed by atoms with Crippen molar-refractivity contribution in [2.75, 3.05) is 20.8 Å². The van der Waals surface area contributed by atoms with Crippen molar-refractivity contribution in [2.24, 2.45) is 11.3 Å². The highest BCUT2D eigenvalue weighted by Crippen LogP contribution is 2.59. The number of hydrogen-bond acceptors (Lipinski definition) is 9. The first kappa shape index (κ1) is 25.8. The lowest BCUT2D eigenvalue weighted by atomic mass is 9.54. The van der Waals surface area contributed by atoms with Gasteiger partial charge in [0.1, 0.15) is 17.4 Å². The number of carbonyl (C=O) groups is 2. The van der Waals surface area contributed by atoms with Crippen molar-refractivity contribution in [1.82, 2.24) is 0 Å². The second-order valence-corrected chi connectivity index (χ2v) is 8.03. The van der Waals surface area contributed by atoms with E-state index in [-0.39, 0.29) is 0 Å². The predicted molar refractivity (Wildman–Crippen MR) is 125 cm³/mol. The average Bonchev–Trinajstić information content (AvgIpc) is 2.92. The molecule has 182 valence electrons. The molecule has 0 aromatic heterocycles. The molecule has 0 radical (unpaired) electrons. The van der Waals surface area contributed by atoms with Crippen molar-refractivity contribution in [1.29, 1.82) is 15.8 Å². The standard InChI is InChI=1S/C27H23N3O6/c1-4-36-19-11-9-18(10-12-19)23-21(26(33)35-3)24(31)20(25(32)34-2)22(27(23,14-29)15-30)17-7-5-16(13-28)6-8-17/h5-12,21-23,31H,4H2,1-3H3/t21-,22+,23+/m0/s1. The highest BCUT2D eigenvalue weighted by Gasteiger charge is 2.61. The Bertz CT molecular complexity index is 1300. The fourth-order valence-corrected chi connectivity index (χ4v) is 4.72. The van der Waals surface area contributed by atoms with Crippen LogP contribution in [-0.2, 0) is 19.1 Å². The van der Waals surface area contributed by atoms with Crippen LogP contribution in [0.25, 0.3) is 0 Å². The van der Waals surface area contributed by atoms with Crippen LogP contribution in [-0.4, -0.2) is 37.9 Å². The van der Waals surface area contributed by atoms with Crippen molar-refractivity contribution in [2.45, 2.75) is 18.8 Å². The molecule has 0 unspecified atom stereocenters. The molecule has 1 N–H and O–H groups in total. The molecule has 3 atom stereocenters. The van der Waals surface area contributed by atoms with Crippen LogP contribution in [0.1, 0.15) is 35.4 Å². The van der Waals surface area contributed by atoms with Gasteiger partial charge in [0, 0.05) is 5.92 Å². The third-order valence-corrected chi connectivity index (χ3v) is 6.29. The van der Waals surface area contributed by atoms with Crippen molar-refractivity contribution in [3.8, 4) is 24.0 Å². The number of hydrogen-bond donors (Lipinski definition) is 1. The van der Waals surface area contributed by atoms with E-state index in [0.29, 0.717) is 29.0 Å². The summed E-state index contributed by atoms with van der Waals surface area (Å²) in [7, 11) is 2.19. The molecule has 0 spiro atoms. The third kappa shape index (κ3) is 4.21. The molecule has 3 rings (SSSR count). The summed E-state index contributed by atoms with van der Waals surface area (Å²) >= 11 is 0. The first-order valence-electron chi connectivity index (χ1n) is 11.0. The van der Waals surface area contributed by atoms with Crippen LogP contribution in [0.4, 0.5) is 0 Å². The van der Waals surface area contributed by atoms with E-state index in [1.807, 2.05) is 13.0 Å². The lowest BCUT2D eigenvalue weighted by molar-refractivity contribution is -0.147. The number of benzene rings is 2. The number of aliphatic hydroxyl groups excluding tert-OH is 1. The Hall–Kier alpha value is -4.81. The zero-order valence-corrected chi connectivity index (χ0v) is 19.9. The predicted octanol–water partition coefficient (Wildman–Crippen LogP) is 3.65. The monoisotopic (exact) mass is 485 g/mol. The summed E-state index contributed by atoms with van der Waals surface area (Å²) in [6, 6.07) is 18.5. The molecular weight excluding hydrogens is 462 g/mol. The first-order chi connectivity index (χ1) is 17.3. The maximum Gasteiger partial charge on any atom is 0.337 e. The van der Waals surface area contributed by atoms with Gasteiger partial charge in [-0.05, 0) is 42.3 Å². The second kappa shape index (κ2) is 10.6. The maximum absolute atomic E-state index is 13.0. The average molecular weight is 485 g/mol. The molecule has 0 saturated carbocycles. The van der Waals surface area contributed by atoms with Gasteiger partial charge in [0.25, 0.3) is 0 Å². The van der Waals surface area contributed by atoms with Crippen LogP contribution < -0.4 is 4.74 Å². The zero-order chi connectivity index (χ0) is 26.5. The molecule has 0 bridgehead atoms. The number of rotatable bonds is 6. The van der Waals surface area contributed by atoms with E-state index in [2.05, 4.69) is 12.1 Å². The Labute approximate surface area is 208 Å². The molecular formula is C27H23N3O6. The van der Waals surface area contributed by atoms with Gasteiger partial charge in [-0.15, -0.1) is 0 Å². The lowest BCUT2D eigenvalue weighted by Crippen LogP contribution is -2.47. The Morgan fingerprint density at radius 1 is 0.944 bits per heavy atom. The number of nitriles is 3. The minimum absolute atomic E-state index is 0.309. The van der Waals surface area contributed by atoms with E-state index < -0.39 is 46.4 Å². The topological polar surface area (TPSA) is 153 Å². The van der Waals surface area contributed by atoms with Crippen molar-refractivity contribution in [3.05, 3.63) is 76.6 Å². The normalized spacial score (nSPS) is 20.3. The molecule has 9 heteroatoms. The molecule has 9 nitrogen and oxygen atoms in total. The van der Waals surface area contributed by atoms with Gasteiger partial charge in [-0.3, -0.25) is 4.79 Å². The largest absolute Gasteiger partial charge is 0.511 e. The van der Waals surface area contributed by atoms with E-state index in [9.17, 15) is 30.5 Å². The van der Waals surface area contributed by atoms with Crippen LogP contribution in [0.5, 0.6) is 5.75 Å². The van der Waals surface area contributed by atoms with Crippen LogP contribution in [0.3, 0.4) is 0 Å². The number of esters is 2. The quantitative estimate of drug-likeness (QED) is 0.604. The third-order valence-electron chi connectivity index (χ3n) is 6.29. The fraction of sp³-hybridized carbons (Fsp3) is 0.296.